The summed E-state index contributed by atoms with van der Waals surface area (Å²) >= 11 is 0. The predicted molar refractivity (Wildman–Crippen MR) is 119 cm³/mol. The molecule has 0 aliphatic heterocycles. The van der Waals surface area contributed by atoms with Gasteiger partial charge in [0.1, 0.15) is 23.3 Å². The van der Waals surface area contributed by atoms with Crippen LogP contribution in [0.3, 0.4) is 0 Å². The molecule has 0 atom stereocenters. The van der Waals surface area contributed by atoms with Gasteiger partial charge < -0.3 is 0 Å². The molecular weight excluding hydrogens is 395 g/mol. The number of unbranched alkanes of at least 4 members (excludes halogenated alkanes) is 2. The Morgan fingerprint density at radius 3 is 2.00 bits per heavy atom. The first-order chi connectivity index (χ1) is 15.1. The molecule has 0 saturated heterocycles. The second-order valence-electron chi connectivity index (χ2n) is 9.66. The van der Waals surface area contributed by atoms with Gasteiger partial charge in [0.05, 0.1) is 6.67 Å². The van der Waals surface area contributed by atoms with Gasteiger partial charge in [-0.3, -0.25) is 4.39 Å². The lowest BCUT2D eigenvalue weighted by Crippen LogP contribution is -2.17. The zero-order valence-corrected chi connectivity index (χ0v) is 18.6. The second kappa shape index (κ2) is 12.3. The third-order valence-corrected chi connectivity index (χ3v) is 7.53. The van der Waals surface area contributed by atoms with Crippen molar-refractivity contribution in [1.82, 2.24) is 0 Å². The number of hydrogen-bond donors (Lipinski definition) is 0. The van der Waals surface area contributed by atoms with Gasteiger partial charge in [0.15, 0.2) is 0 Å². The van der Waals surface area contributed by atoms with Crippen molar-refractivity contribution in [3.05, 3.63) is 47.0 Å². The van der Waals surface area contributed by atoms with Crippen LogP contribution in [0, 0.1) is 40.7 Å². The van der Waals surface area contributed by atoms with Crippen LogP contribution in [0.5, 0.6) is 0 Å². The van der Waals surface area contributed by atoms with E-state index < -0.39 is 17.2 Å². The molecule has 3 rings (SSSR count). The number of nitrogens with zero attached hydrogens (tertiary/aromatic N) is 1. The second-order valence-corrected chi connectivity index (χ2v) is 9.66. The van der Waals surface area contributed by atoms with Gasteiger partial charge in [0.25, 0.3) is 0 Å². The Kier molecular flexibility index (Phi) is 9.50. The van der Waals surface area contributed by atoms with Crippen molar-refractivity contribution >= 4 is 0 Å². The molecule has 1 nitrogen and oxygen atoms in total. The molecule has 0 aromatic heterocycles. The molecule has 0 unspecified atom stereocenters. The van der Waals surface area contributed by atoms with Gasteiger partial charge in [-0.2, -0.15) is 5.26 Å². The normalized spacial score (nSPS) is 26.8. The maximum absolute atomic E-state index is 13.9. The minimum absolute atomic E-state index is 0.201. The molecular formula is C27H36F3N. The van der Waals surface area contributed by atoms with Crippen LogP contribution in [-0.4, -0.2) is 6.67 Å². The Balaban J connectivity index is 1.35. The molecule has 0 spiro atoms. The smallest absolute Gasteiger partial charge is 0.144 e. The Morgan fingerprint density at radius 2 is 1.45 bits per heavy atom. The number of halogens is 3. The molecule has 4 heteroatoms. The zero-order valence-electron chi connectivity index (χ0n) is 18.6. The fourth-order valence-electron chi connectivity index (χ4n) is 5.51. The molecule has 2 aliphatic rings. The molecule has 2 fully saturated rings. The Hall–Kier alpha value is -1.76. The highest BCUT2D eigenvalue weighted by Gasteiger charge is 2.26. The summed E-state index contributed by atoms with van der Waals surface area (Å²) < 4.78 is 40.0. The predicted octanol–water partition coefficient (Wildman–Crippen LogP) is 8.39. The third-order valence-electron chi connectivity index (χ3n) is 7.53. The van der Waals surface area contributed by atoms with Crippen molar-refractivity contribution in [2.24, 2.45) is 17.8 Å². The molecule has 31 heavy (non-hydrogen) atoms. The monoisotopic (exact) mass is 431 g/mol. The fourth-order valence-corrected chi connectivity index (χ4v) is 5.51. The Morgan fingerprint density at radius 1 is 0.871 bits per heavy atom. The number of benzene rings is 1. The summed E-state index contributed by atoms with van der Waals surface area (Å²) in [6, 6.07) is 4.33. The van der Waals surface area contributed by atoms with Crippen LogP contribution < -0.4 is 0 Å². The topological polar surface area (TPSA) is 23.8 Å². The van der Waals surface area contributed by atoms with Gasteiger partial charge in [-0.1, -0.05) is 25.0 Å². The van der Waals surface area contributed by atoms with Crippen LogP contribution in [0.2, 0.25) is 0 Å². The molecule has 1 aromatic rings. The highest BCUT2D eigenvalue weighted by atomic mass is 19.1. The molecule has 0 N–H and O–H groups in total. The van der Waals surface area contributed by atoms with Crippen molar-refractivity contribution in [3.63, 3.8) is 0 Å². The lowest BCUT2D eigenvalue weighted by Gasteiger charge is -2.31. The summed E-state index contributed by atoms with van der Waals surface area (Å²) in [5, 5.41) is 8.84. The van der Waals surface area contributed by atoms with E-state index in [9.17, 15) is 13.2 Å². The van der Waals surface area contributed by atoms with Crippen LogP contribution in [0.1, 0.15) is 101 Å². The van der Waals surface area contributed by atoms with Crippen LogP contribution in [-0.2, 0) is 0 Å². The zero-order chi connectivity index (χ0) is 22.1. The van der Waals surface area contributed by atoms with E-state index in [1.54, 1.807) is 6.07 Å². The molecule has 1 aromatic carbocycles. The van der Waals surface area contributed by atoms with Crippen molar-refractivity contribution in [2.75, 3.05) is 6.67 Å². The first kappa shape index (κ1) is 23.9. The minimum Gasteiger partial charge on any atom is -0.251 e. The van der Waals surface area contributed by atoms with E-state index >= 15 is 0 Å². The third kappa shape index (κ3) is 7.13. The number of nitriles is 1. The quantitative estimate of drug-likeness (QED) is 0.284. The average Bonchev–Trinajstić information content (AvgIpc) is 2.78. The maximum Gasteiger partial charge on any atom is 0.144 e. The van der Waals surface area contributed by atoms with Gasteiger partial charge in [-0.05, 0) is 112 Å². The molecule has 2 aliphatic carbocycles. The van der Waals surface area contributed by atoms with Crippen molar-refractivity contribution < 1.29 is 13.2 Å². The molecule has 2 saturated carbocycles. The van der Waals surface area contributed by atoms with E-state index in [1.807, 2.05) is 0 Å². The number of rotatable bonds is 9. The van der Waals surface area contributed by atoms with E-state index in [4.69, 9.17) is 5.26 Å². The van der Waals surface area contributed by atoms with E-state index in [-0.39, 0.29) is 12.6 Å². The fraction of sp³-hybridized carbons (Fsp3) is 0.667. The van der Waals surface area contributed by atoms with E-state index in [2.05, 4.69) is 12.2 Å². The summed E-state index contributed by atoms with van der Waals surface area (Å²) in [4.78, 5) is 0. The molecule has 0 amide bonds. The Labute approximate surface area is 185 Å². The van der Waals surface area contributed by atoms with Crippen molar-refractivity contribution in [3.8, 4) is 6.07 Å². The molecule has 0 heterocycles. The van der Waals surface area contributed by atoms with Gasteiger partial charge in [0, 0.05) is 0 Å². The van der Waals surface area contributed by atoms with Gasteiger partial charge >= 0.3 is 0 Å². The standard InChI is InChI=1S/C27H36F3N/c28-16-4-2-1-3-5-20-6-8-21(9-7-20)10-11-22-12-14-23(15-13-22)24-17-26(29)25(19-31)27(30)18-24/h3,5,17-18,20-23H,1-2,4,6-16H2/t20-,21-,22-,23-. The van der Waals surface area contributed by atoms with Gasteiger partial charge in [-0.25, -0.2) is 8.78 Å². The first-order valence-electron chi connectivity index (χ1n) is 12.2. The summed E-state index contributed by atoms with van der Waals surface area (Å²) in [7, 11) is 0. The number of hydrogen-bond acceptors (Lipinski definition) is 1. The van der Waals surface area contributed by atoms with E-state index in [1.165, 1.54) is 50.7 Å². The summed E-state index contributed by atoms with van der Waals surface area (Å²) in [5.41, 5.74) is 0.239. The van der Waals surface area contributed by atoms with Gasteiger partial charge in [0.2, 0.25) is 0 Å². The molecule has 0 radical (unpaired) electrons. The number of allylic oxidation sites excluding steroid dienone is 2. The molecule has 170 valence electrons. The summed E-state index contributed by atoms with van der Waals surface area (Å²) in [5.74, 6) is 1.04. The maximum atomic E-state index is 13.9. The van der Waals surface area contributed by atoms with Crippen LogP contribution in [0.4, 0.5) is 13.2 Å². The van der Waals surface area contributed by atoms with Crippen LogP contribution in [0.25, 0.3) is 0 Å². The van der Waals surface area contributed by atoms with E-state index in [0.29, 0.717) is 17.9 Å². The summed E-state index contributed by atoms with van der Waals surface area (Å²) in [6.07, 6.45) is 19.3. The SMILES string of the molecule is N#Cc1c(F)cc([C@H]2CC[C@H](CC[C@H]3CC[C@H](C=CCCCCF)CC3)CC2)cc1F. The van der Waals surface area contributed by atoms with Crippen molar-refractivity contribution in [2.45, 2.75) is 89.4 Å². The minimum atomic E-state index is -0.732. The number of alkyl halides is 1. The highest BCUT2D eigenvalue weighted by Crippen LogP contribution is 2.40. The van der Waals surface area contributed by atoms with Crippen LogP contribution >= 0.6 is 0 Å². The lowest BCUT2D eigenvalue weighted by atomic mass is 9.74. The summed E-state index contributed by atoms with van der Waals surface area (Å²) in [6.45, 7) is -0.201. The lowest BCUT2D eigenvalue weighted by molar-refractivity contribution is 0.246. The van der Waals surface area contributed by atoms with Gasteiger partial charge in [-0.15, -0.1) is 0 Å². The average molecular weight is 432 g/mol. The Bertz CT molecular complexity index is 727. The van der Waals surface area contributed by atoms with Crippen LogP contribution in [0.15, 0.2) is 24.3 Å². The molecule has 0 bridgehead atoms. The van der Waals surface area contributed by atoms with E-state index in [0.717, 1.165) is 50.4 Å². The largest absolute Gasteiger partial charge is 0.251 e. The highest BCUT2D eigenvalue weighted by molar-refractivity contribution is 5.36. The first-order valence-corrected chi connectivity index (χ1v) is 12.2. The van der Waals surface area contributed by atoms with Crippen molar-refractivity contribution in [1.29, 1.82) is 5.26 Å².